The molecule has 2 saturated heterocycles. The lowest BCUT2D eigenvalue weighted by Gasteiger charge is -2.33. The van der Waals surface area contributed by atoms with Crippen LogP contribution in [0.1, 0.15) is 37.8 Å². The van der Waals surface area contributed by atoms with Gasteiger partial charge < -0.3 is 20.3 Å². The van der Waals surface area contributed by atoms with Crippen LogP contribution in [0.15, 0.2) is 24.4 Å². The van der Waals surface area contributed by atoms with Gasteiger partial charge in [0.05, 0.1) is 24.4 Å². The Morgan fingerprint density at radius 2 is 1.93 bits per heavy atom. The molecule has 30 heavy (non-hydrogen) atoms. The van der Waals surface area contributed by atoms with E-state index in [0.717, 1.165) is 51.0 Å². The lowest BCUT2D eigenvalue weighted by molar-refractivity contribution is -0.0132. The van der Waals surface area contributed by atoms with Crippen LogP contribution in [0.2, 0.25) is 15.1 Å². The van der Waals surface area contributed by atoms with Crippen molar-refractivity contribution in [3.8, 4) is 0 Å². The predicted molar refractivity (Wildman–Crippen MR) is 123 cm³/mol. The summed E-state index contributed by atoms with van der Waals surface area (Å²) in [7, 11) is 0. The van der Waals surface area contributed by atoms with E-state index in [1.165, 1.54) is 0 Å². The standard InChI is InChI=1S/C21H26Cl3N5O/c1-13(17-3-2-14(22)10-18(17)23)27-20-19(24)12-26-21(28-20)29-8-5-15(6-9-29)30-16-4-7-25-11-16/h2-3,10,12-13,15-16,25H,4-9,11H2,1H3,(H,26,27,28)/t13?,16-/m0/s1. The van der Waals surface area contributed by atoms with Gasteiger partial charge in [0.15, 0.2) is 5.82 Å². The van der Waals surface area contributed by atoms with E-state index in [9.17, 15) is 0 Å². The Balaban J connectivity index is 1.39. The van der Waals surface area contributed by atoms with Gasteiger partial charge in [-0.15, -0.1) is 0 Å². The third kappa shape index (κ3) is 5.29. The summed E-state index contributed by atoms with van der Waals surface area (Å²) in [6.45, 7) is 5.76. The van der Waals surface area contributed by atoms with Gasteiger partial charge in [0.25, 0.3) is 0 Å². The number of anilines is 2. The Hall–Kier alpha value is -1.31. The fraction of sp³-hybridized carbons (Fsp3) is 0.524. The second kappa shape index (κ2) is 9.88. The molecule has 0 amide bonds. The molecule has 0 spiro atoms. The Bertz CT molecular complexity index is 870. The van der Waals surface area contributed by atoms with Crippen LogP contribution in [-0.4, -0.2) is 48.4 Å². The van der Waals surface area contributed by atoms with Crippen LogP contribution in [0, 0.1) is 0 Å². The third-order valence-corrected chi connectivity index (χ3v) is 6.48. The maximum atomic E-state index is 6.36. The average Bonchev–Trinajstić information content (AvgIpc) is 3.23. The zero-order chi connectivity index (χ0) is 21.1. The molecule has 3 heterocycles. The van der Waals surface area contributed by atoms with E-state index in [0.29, 0.717) is 39.0 Å². The summed E-state index contributed by atoms with van der Waals surface area (Å²) in [6, 6.07) is 5.37. The van der Waals surface area contributed by atoms with E-state index in [-0.39, 0.29) is 6.04 Å². The summed E-state index contributed by atoms with van der Waals surface area (Å²) in [5.74, 6) is 1.27. The average molecular weight is 471 g/mol. The molecule has 1 aromatic heterocycles. The fourth-order valence-corrected chi connectivity index (χ4v) is 4.67. The number of aromatic nitrogens is 2. The maximum Gasteiger partial charge on any atom is 0.227 e. The number of benzene rings is 1. The zero-order valence-corrected chi connectivity index (χ0v) is 19.1. The van der Waals surface area contributed by atoms with Crippen LogP contribution >= 0.6 is 34.8 Å². The van der Waals surface area contributed by atoms with E-state index in [1.807, 2.05) is 19.1 Å². The van der Waals surface area contributed by atoms with Crippen LogP contribution in [0.25, 0.3) is 0 Å². The SMILES string of the molecule is CC(Nc1nc(N2CCC(O[C@H]3CCNC3)CC2)ncc1Cl)c1ccc(Cl)cc1Cl. The Morgan fingerprint density at radius 1 is 1.13 bits per heavy atom. The van der Waals surface area contributed by atoms with Crippen molar-refractivity contribution in [1.82, 2.24) is 15.3 Å². The first-order valence-corrected chi connectivity index (χ1v) is 11.5. The number of nitrogens with one attached hydrogen (secondary N) is 2. The second-order valence-corrected chi connectivity index (χ2v) is 9.09. The Morgan fingerprint density at radius 3 is 2.63 bits per heavy atom. The first-order chi connectivity index (χ1) is 14.5. The van der Waals surface area contributed by atoms with Crippen LogP contribution in [0.4, 0.5) is 11.8 Å². The summed E-state index contributed by atoms with van der Waals surface area (Å²) < 4.78 is 6.22. The van der Waals surface area contributed by atoms with E-state index in [1.54, 1.807) is 12.3 Å². The molecule has 6 nitrogen and oxygen atoms in total. The molecule has 0 radical (unpaired) electrons. The number of hydrogen-bond acceptors (Lipinski definition) is 6. The number of hydrogen-bond donors (Lipinski definition) is 2. The van der Waals surface area contributed by atoms with Gasteiger partial charge >= 0.3 is 0 Å². The van der Waals surface area contributed by atoms with Gasteiger partial charge in [0.2, 0.25) is 5.95 Å². The summed E-state index contributed by atoms with van der Waals surface area (Å²) >= 11 is 18.7. The summed E-state index contributed by atoms with van der Waals surface area (Å²) in [5.41, 5.74) is 0.927. The Kier molecular flexibility index (Phi) is 7.21. The van der Waals surface area contributed by atoms with Crippen molar-refractivity contribution in [3.63, 3.8) is 0 Å². The molecule has 1 unspecified atom stereocenters. The highest BCUT2D eigenvalue weighted by molar-refractivity contribution is 6.35. The molecule has 2 aromatic rings. The summed E-state index contributed by atoms with van der Waals surface area (Å²) in [6.07, 6.45) is 5.36. The molecular formula is C21H26Cl3N5O. The van der Waals surface area contributed by atoms with Crippen molar-refractivity contribution in [1.29, 1.82) is 0 Å². The van der Waals surface area contributed by atoms with Gasteiger partial charge in [-0.25, -0.2) is 4.98 Å². The molecule has 4 rings (SSSR count). The van der Waals surface area contributed by atoms with Gasteiger partial charge in [0, 0.05) is 29.7 Å². The van der Waals surface area contributed by atoms with Crippen LogP contribution in [0.3, 0.4) is 0 Å². The van der Waals surface area contributed by atoms with Crippen molar-refractivity contribution in [2.75, 3.05) is 36.4 Å². The van der Waals surface area contributed by atoms with Gasteiger partial charge in [-0.3, -0.25) is 0 Å². The largest absolute Gasteiger partial charge is 0.373 e. The van der Waals surface area contributed by atoms with Crippen molar-refractivity contribution in [2.45, 2.75) is 44.4 Å². The fourth-order valence-electron chi connectivity index (χ4n) is 3.96. The van der Waals surface area contributed by atoms with Crippen LogP contribution < -0.4 is 15.5 Å². The highest BCUT2D eigenvalue weighted by atomic mass is 35.5. The lowest BCUT2D eigenvalue weighted by atomic mass is 10.1. The maximum absolute atomic E-state index is 6.36. The zero-order valence-electron chi connectivity index (χ0n) is 16.9. The van der Waals surface area contributed by atoms with Crippen molar-refractivity contribution < 1.29 is 4.74 Å². The number of rotatable bonds is 6. The highest BCUT2D eigenvalue weighted by Gasteiger charge is 2.26. The minimum atomic E-state index is -0.0887. The number of halogens is 3. The summed E-state index contributed by atoms with van der Waals surface area (Å²) in [5, 5.41) is 8.39. The monoisotopic (exact) mass is 469 g/mol. The number of nitrogens with zero attached hydrogens (tertiary/aromatic N) is 3. The van der Waals surface area contributed by atoms with E-state index in [2.05, 4.69) is 25.5 Å². The molecule has 2 fully saturated rings. The topological polar surface area (TPSA) is 62.3 Å². The molecule has 2 atom stereocenters. The first-order valence-electron chi connectivity index (χ1n) is 10.3. The molecule has 2 aliphatic rings. The van der Waals surface area contributed by atoms with Crippen LogP contribution in [-0.2, 0) is 4.74 Å². The van der Waals surface area contributed by atoms with Crippen LogP contribution in [0.5, 0.6) is 0 Å². The highest BCUT2D eigenvalue weighted by Crippen LogP contribution is 2.31. The van der Waals surface area contributed by atoms with E-state index >= 15 is 0 Å². The quantitative estimate of drug-likeness (QED) is 0.622. The molecule has 1 aromatic carbocycles. The molecule has 0 aliphatic carbocycles. The van der Waals surface area contributed by atoms with E-state index in [4.69, 9.17) is 39.5 Å². The molecule has 0 bridgehead atoms. The van der Waals surface area contributed by atoms with Gasteiger partial charge in [0.1, 0.15) is 5.02 Å². The second-order valence-electron chi connectivity index (χ2n) is 7.84. The minimum absolute atomic E-state index is 0.0887. The van der Waals surface area contributed by atoms with Gasteiger partial charge in [-0.2, -0.15) is 4.98 Å². The Labute approximate surface area is 192 Å². The van der Waals surface area contributed by atoms with Gasteiger partial charge in [-0.05, 0) is 50.4 Å². The third-order valence-electron chi connectivity index (χ3n) is 5.64. The molecule has 2 N–H and O–H groups in total. The number of piperidine rings is 1. The number of ether oxygens (including phenoxy) is 1. The molecular weight excluding hydrogens is 445 g/mol. The normalized spacial score (nSPS) is 21.1. The molecule has 2 aliphatic heterocycles. The smallest absolute Gasteiger partial charge is 0.227 e. The molecule has 162 valence electrons. The predicted octanol–water partition coefficient (Wildman–Crippen LogP) is 4.96. The summed E-state index contributed by atoms with van der Waals surface area (Å²) in [4.78, 5) is 11.3. The van der Waals surface area contributed by atoms with Gasteiger partial charge in [-0.1, -0.05) is 40.9 Å². The van der Waals surface area contributed by atoms with Crippen molar-refractivity contribution >= 4 is 46.6 Å². The first kappa shape index (κ1) is 21.9. The molecule has 9 heteroatoms. The minimum Gasteiger partial charge on any atom is -0.373 e. The van der Waals surface area contributed by atoms with Crippen molar-refractivity contribution in [3.05, 3.63) is 45.0 Å². The lowest BCUT2D eigenvalue weighted by Crippen LogP contribution is -2.39. The van der Waals surface area contributed by atoms with E-state index < -0.39 is 0 Å². The van der Waals surface area contributed by atoms with Crippen molar-refractivity contribution in [2.24, 2.45) is 0 Å². The molecule has 0 saturated carbocycles.